The zero-order chi connectivity index (χ0) is 15.0. The van der Waals surface area contributed by atoms with E-state index >= 15 is 0 Å². The van der Waals surface area contributed by atoms with Crippen LogP contribution >= 0.6 is 27.3 Å². The van der Waals surface area contributed by atoms with Crippen LogP contribution in [0.5, 0.6) is 0 Å². The molecule has 0 bridgehead atoms. The molecule has 2 aromatic rings. The van der Waals surface area contributed by atoms with Crippen molar-refractivity contribution in [3.8, 4) is 0 Å². The molecule has 1 aromatic heterocycles. The standard InChI is InChI=1S/C15H17BrN2O2S/c1-18(9-5-7-20-8-6-9)15(19)14-13(17)12-10(16)3-2-4-11(12)21-14/h2-4,9H,5-8,17H2,1H3. The second kappa shape index (κ2) is 5.94. The number of anilines is 1. The average molecular weight is 369 g/mol. The van der Waals surface area contributed by atoms with E-state index in [4.69, 9.17) is 10.5 Å². The minimum Gasteiger partial charge on any atom is -0.397 e. The largest absolute Gasteiger partial charge is 0.397 e. The third kappa shape index (κ3) is 2.67. The third-order valence-electron chi connectivity index (χ3n) is 3.95. The quantitative estimate of drug-likeness (QED) is 0.882. The number of thiophene rings is 1. The summed E-state index contributed by atoms with van der Waals surface area (Å²) in [5.41, 5.74) is 6.79. The van der Waals surface area contributed by atoms with Crippen LogP contribution in [-0.4, -0.2) is 37.1 Å². The maximum absolute atomic E-state index is 12.7. The number of halogens is 1. The van der Waals surface area contributed by atoms with Gasteiger partial charge in [-0.2, -0.15) is 0 Å². The third-order valence-corrected chi connectivity index (χ3v) is 5.77. The molecule has 1 saturated heterocycles. The van der Waals surface area contributed by atoms with Gasteiger partial charge in [0.2, 0.25) is 0 Å². The molecule has 2 heterocycles. The Labute approximate surface area is 136 Å². The van der Waals surface area contributed by atoms with Crippen molar-refractivity contribution in [2.75, 3.05) is 26.0 Å². The first kappa shape index (κ1) is 14.8. The van der Waals surface area contributed by atoms with Gasteiger partial charge in [0.1, 0.15) is 4.88 Å². The Bertz CT molecular complexity index is 680. The number of ether oxygens (including phenoxy) is 1. The summed E-state index contributed by atoms with van der Waals surface area (Å²) in [6, 6.07) is 6.13. The Kier molecular flexibility index (Phi) is 4.19. The van der Waals surface area contributed by atoms with Crippen molar-refractivity contribution in [1.82, 2.24) is 4.90 Å². The topological polar surface area (TPSA) is 55.6 Å². The first-order valence-corrected chi connectivity index (χ1v) is 8.52. The molecule has 0 spiro atoms. The minimum atomic E-state index is 0.00694. The lowest BCUT2D eigenvalue weighted by Crippen LogP contribution is -2.40. The van der Waals surface area contributed by atoms with Crippen molar-refractivity contribution in [3.63, 3.8) is 0 Å². The fourth-order valence-corrected chi connectivity index (χ4v) is 4.53. The average Bonchev–Trinajstić information content (AvgIpc) is 2.85. The normalized spacial score (nSPS) is 16.3. The molecular formula is C15H17BrN2O2S. The van der Waals surface area contributed by atoms with E-state index in [-0.39, 0.29) is 11.9 Å². The number of nitrogens with two attached hydrogens (primary N) is 1. The molecule has 0 unspecified atom stereocenters. The van der Waals surface area contributed by atoms with Gasteiger partial charge in [-0.15, -0.1) is 11.3 Å². The second-order valence-electron chi connectivity index (χ2n) is 5.22. The fraction of sp³-hybridized carbons (Fsp3) is 0.400. The number of benzene rings is 1. The summed E-state index contributed by atoms with van der Waals surface area (Å²) in [5.74, 6) is 0.00694. The Hall–Kier alpha value is -1.11. The molecule has 0 radical (unpaired) electrons. The predicted molar refractivity (Wildman–Crippen MR) is 89.9 cm³/mol. The van der Waals surface area contributed by atoms with Crippen molar-refractivity contribution < 1.29 is 9.53 Å². The van der Waals surface area contributed by atoms with Crippen LogP contribution in [-0.2, 0) is 4.74 Å². The molecule has 21 heavy (non-hydrogen) atoms. The number of nitrogens with zero attached hydrogens (tertiary/aromatic N) is 1. The molecule has 1 aliphatic rings. The van der Waals surface area contributed by atoms with Crippen LogP contribution in [0.2, 0.25) is 0 Å². The molecule has 3 rings (SSSR count). The van der Waals surface area contributed by atoms with Gasteiger partial charge in [0.15, 0.2) is 0 Å². The number of hydrogen-bond donors (Lipinski definition) is 1. The Balaban J connectivity index is 1.94. The predicted octanol–water partition coefficient (Wildman–Crippen LogP) is 3.50. The van der Waals surface area contributed by atoms with Crippen molar-refractivity contribution in [2.45, 2.75) is 18.9 Å². The molecule has 1 aromatic carbocycles. The molecule has 4 nitrogen and oxygen atoms in total. The summed E-state index contributed by atoms with van der Waals surface area (Å²) in [7, 11) is 1.86. The van der Waals surface area contributed by atoms with Crippen molar-refractivity contribution in [2.24, 2.45) is 0 Å². The van der Waals surface area contributed by atoms with Crippen LogP contribution in [0.15, 0.2) is 22.7 Å². The number of hydrogen-bond acceptors (Lipinski definition) is 4. The highest BCUT2D eigenvalue weighted by atomic mass is 79.9. The van der Waals surface area contributed by atoms with Crippen LogP contribution < -0.4 is 5.73 Å². The number of rotatable bonds is 2. The monoisotopic (exact) mass is 368 g/mol. The van der Waals surface area contributed by atoms with Gasteiger partial charge in [0.05, 0.1) is 5.69 Å². The van der Waals surface area contributed by atoms with E-state index in [1.165, 1.54) is 11.3 Å². The number of nitrogen functional groups attached to an aromatic ring is 1. The number of carbonyl (C=O) groups is 1. The van der Waals surface area contributed by atoms with Crippen LogP contribution in [0.1, 0.15) is 22.5 Å². The summed E-state index contributed by atoms with van der Waals surface area (Å²) >= 11 is 4.97. The smallest absolute Gasteiger partial charge is 0.266 e. The van der Waals surface area contributed by atoms with E-state index in [0.29, 0.717) is 10.6 Å². The lowest BCUT2D eigenvalue weighted by molar-refractivity contribution is 0.0365. The van der Waals surface area contributed by atoms with Gasteiger partial charge in [0.25, 0.3) is 5.91 Å². The Morgan fingerprint density at radius 2 is 2.14 bits per heavy atom. The molecule has 0 atom stereocenters. The van der Waals surface area contributed by atoms with Gasteiger partial charge in [-0.3, -0.25) is 4.79 Å². The second-order valence-corrected chi connectivity index (χ2v) is 7.12. The molecule has 2 N–H and O–H groups in total. The van der Waals surface area contributed by atoms with E-state index in [0.717, 1.165) is 40.6 Å². The zero-order valence-corrected chi connectivity index (χ0v) is 14.2. The molecule has 1 fully saturated rings. The van der Waals surface area contributed by atoms with Gasteiger partial charge >= 0.3 is 0 Å². The Morgan fingerprint density at radius 3 is 2.81 bits per heavy atom. The summed E-state index contributed by atoms with van der Waals surface area (Å²) in [6.07, 6.45) is 1.77. The first-order chi connectivity index (χ1) is 10.1. The molecule has 6 heteroatoms. The fourth-order valence-electron chi connectivity index (χ4n) is 2.69. The highest BCUT2D eigenvalue weighted by Crippen LogP contribution is 2.39. The zero-order valence-electron chi connectivity index (χ0n) is 11.8. The van der Waals surface area contributed by atoms with Gasteiger partial charge < -0.3 is 15.4 Å². The van der Waals surface area contributed by atoms with E-state index < -0.39 is 0 Å². The van der Waals surface area contributed by atoms with Gasteiger partial charge in [0, 0.05) is 40.9 Å². The molecule has 112 valence electrons. The number of amides is 1. The molecule has 0 aliphatic carbocycles. The van der Waals surface area contributed by atoms with E-state index in [1.54, 1.807) is 0 Å². The van der Waals surface area contributed by atoms with Gasteiger partial charge in [-0.25, -0.2) is 0 Å². The van der Waals surface area contributed by atoms with Gasteiger partial charge in [-0.05, 0) is 25.0 Å². The molecule has 0 saturated carbocycles. The van der Waals surface area contributed by atoms with Crippen LogP contribution in [0.3, 0.4) is 0 Å². The van der Waals surface area contributed by atoms with E-state index in [2.05, 4.69) is 15.9 Å². The highest BCUT2D eigenvalue weighted by Gasteiger charge is 2.26. The lowest BCUT2D eigenvalue weighted by Gasteiger charge is -2.31. The molecule has 1 aliphatic heterocycles. The minimum absolute atomic E-state index is 0.00694. The highest BCUT2D eigenvalue weighted by molar-refractivity contribution is 9.10. The number of fused-ring (bicyclic) bond motifs is 1. The maximum atomic E-state index is 12.7. The molecule has 1 amide bonds. The van der Waals surface area contributed by atoms with Crippen LogP contribution in [0, 0.1) is 0 Å². The van der Waals surface area contributed by atoms with Gasteiger partial charge in [-0.1, -0.05) is 22.0 Å². The Morgan fingerprint density at radius 1 is 1.43 bits per heavy atom. The molecular weight excluding hydrogens is 352 g/mol. The SMILES string of the molecule is CN(C(=O)c1sc2cccc(Br)c2c1N)C1CCOCC1. The van der Waals surface area contributed by atoms with Crippen molar-refractivity contribution >= 4 is 48.9 Å². The lowest BCUT2D eigenvalue weighted by atomic mass is 10.1. The van der Waals surface area contributed by atoms with Crippen LogP contribution in [0.4, 0.5) is 5.69 Å². The summed E-state index contributed by atoms with van der Waals surface area (Å²) in [5, 5.41) is 0.936. The maximum Gasteiger partial charge on any atom is 0.266 e. The number of carbonyl (C=O) groups excluding carboxylic acids is 1. The van der Waals surface area contributed by atoms with Crippen LogP contribution in [0.25, 0.3) is 10.1 Å². The summed E-state index contributed by atoms with van der Waals surface area (Å²) < 4.78 is 7.32. The van der Waals surface area contributed by atoms with Crippen molar-refractivity contribution in [3.05, 3.63) is 27.5 Å². The summed E-state index contributed by atoms with van der Waals surface area (Å²) in [6.45, 7) is 1.44. The van der Waals surface area contributed by atoms with E-state index in [1.807, 2.05) is 30.1 Å². The first-order valence-electron chi connectivity index (χ1n) is 6.91. The van der Waals surface area contributed by atoms with Crippen molar-refractivity contribution in [1.29, 1.82) is 0 Å². The van der Waals surface area contributed by atoms with E-state index in [9.17, 15) is 4.79 Å². The summed E-state index contributed by atoms with van der Waals surface area (Å²) in [4.78, 5) is 15.2.